The Labute approximate surface area is 303 Å². The largest absolute Gasteiger partial charge is 0.464 e. The Bertz CT molecular complexity index is 2840. The van der Waals surface area contributed by atoms with Crippen LogP contribution in [0.4, 0.5) is 11.4 Å². The molecule has 0 radical (unpaired) electrons. The maximum Gasteiger partial charge on any atom is 0.196 e. The molecule has 3 aliphatic rings. The van der Waals surface area contributed by atoms with Crippen molar-refractivity contribution in [2.45, 2.75) is 25.5 Å². The van der Waals surface area contributed by atoms with Gasteiger partial charge in [-0.3, -0.25) is 0 Å². The molecule has 2 N–H and O–H groups in total. The van der Waals surface area contributed by atoms with Crippen molar-refractivity contribution in [1.29, 1.82) is 0 Å². The van der Waals surface area contributed by atoms with E-state index < -0.39 is 0 Å². The lowest BCUT2D eigenvalue weighted by Gasteiger charge is -2.23. The topological polar surface area (TPSA) is 33.3 Å². The normalized spacial score (nSPS) is 16.2. The van der Waals surface area contributed by atoms with E-state index in [-0.39, 0.29) is 11.6 Å². The maximum absolute atomic E-state index is 6.77. The molecule has 8 aromatic rings. The summed E-state index contributed by atoms with van der Waals surface area (Å²) in [5, 5.41) is 14.5. The third-order valence-electron chi connectivity index (χ3n) is 11.6. The summed E-state index contributed by atoms with van der Waals surface area (Å²) in [4.78, 5) is 0. The lowest BCUT2D eigenvalue weighted by atomic mass is 9.79. The first-order valence-electron chi connectivity index (χ1n) is 18.2. The van der Waals surface area contributed by atoms with Gasteiger partial charge in [0.25, 0.3) is 0 Å². The van der Waals surface area contributed by atoms with Gasteiger partial charge in [0.05, 0.1) is 5.69 Å². The monoisotopic (exact) mass is 668 g/mol. The quantitative estimate of drug-likeness (QED) is 0.184. The van der Waals surface area contributed by atoms with Gasteiger partial charge in [-0.25, -0.2) is 0 Å². The Morgan fingerprint density at radius 1 is 0.596 bits per heavy atom. The van der Waals surface area contributed by atoms with Gasteiger partial charge in [-0.2, -0.15) is 0 Å². The second-order valence-corrected chi connectivity index (χ2v) is 15.0. The highest BCUT2D eigenvalue weighted by atomic mass is 16.5. The summed E-state index contributed by atoms with van der Waals surface area (Å²) in [6, 6.07) is 51.6. The van der Waals surface area contributed by atoms with E-state index in [1.165, 1.54) is 77.0 Å². The molecule has 1 aliphatic carbocycles. The first-order valence-corrected chi connectivity index (χ1v) is 18.2. The molecule has 8 aromatic carbocycles. The van der Waals surface area contributed by atoms with E-state index in [1.807, 2.05) is 0 Å². The average Bonchev–Trinajstić information content (AvgIpc) is 3.74. The Balaban J connectivity index is 0.973. The summed E-state index contributed by atoms with van der Waals surface area (Å²) in [5.41, 5.74) is 14.8. The molecule has 0 bridgehead atoms. The van der Waals surface area contributed by atoms with Crippen molar-refractivity contribution in [1.82, 2.24) is 0 Å². The first-order chi connectivity index (χ1) is 25.5. The highest BCUT2D eigenvalue weighted by molar-refractivity contribution is 6.14. The SMILES string of the molecule is CC1(C)c2cc(-c3cccc(-c4ccc5ccc6ccc7c(c6c5c4)OC(c4ccc5c(c4)C=CCN5)N7)c3)ccc2-c2ccc3ccccc3c21. The Hall–Kier alpha value is -6.32. The predicted octanol–water partition coefficient (Wildman–Crippen LogP) is 12.7. The predicted molar refractivity (Wildman–Crippen MR) is 218 cm³/mol. The maximum atomic E-state index is 6.77. The molecule has 2 aliphatic heterocycles. The van der Waals surface area contributed by atoms with E-state index in [1.54, 1.807) is 0 Å². The first kappa shape index (κ1) is 29.4. The summed E-state index contributed by atoms with van der Waals surface area (Å²) in [6.45, 7) is 5.62. The van der Waals surface area contributed by atoms with Crippen LogP contribution in [0.3, 0.4) is 0 Å². The van der Waals surface area contributed by atoms with Crippen molar-refractivity contribution in [3.8, 4) is 39.1 Å². The van der Waals surface area contributed by atoms with Crippen molar-refractivity contribution in [3.63, 3.8) is 0 Å². The molecule has 0 spiro atoms. The van der Waals surface area contributed by atoms with Gasteiger partial charge in [0, 0.05) is 28.6 Å². The third kappa shape index (κ3) is 4.32. The number of fused-ring (bicyclic) bond motifs is 11. The second kappa shape index (κ2) is 10.8. The number of rotatable bonds is 3. The molecule has 0 amide bonds. The lowest BCUT2D eigenvalue weighted by molar-refractivity contribution is 0.263. The summed E-state index contributed by atoms with van der Waals surface area (Å²) in [7, 11) is 0. The number of hydrogen-bond donors (Lipinski definition) is 2. The van der Waals surface area contributed by atoms with Gasteiger partial charge < -0.3 is 15.4 Å². The molecule has 248 valence electrons. The van der Waals surface area contributed by atoms with Crippen molar-refractivity contribution >= 4 is 49.8 Å². The zero-order valence-electron chi connectivity index (χ0n) is 29.1. The van der Waals surface area contributed by atoms with Gasteiger partial charge in [0.2, 0.25) is 0 Å². The van der Waals surface area contributed by atoms with Crippen LogP contribution in [0.2, 0.25) is 0 Å². The van der Waals surface area contributed by atoms with Gasteiger partial charge in [-0.1, -0.05) is 129 Å². The van der Waals surface area contributed by atoms with Crippen molar-refractivity contribution in [2.75, 3.05) is 17.2 Å². The number of anilines is 2. The summed E-state index contributed by atoms with van der Waals surface area (Å²) >= 11 is 0. The van der Waals surface area contributed by atoms with Crippen LogP contribution in [-0.2, 0) is 5.41 Å². The van der Waals surface area contributed by atoms with Crippen LogP contribution in [0.5, 0.6) is 5.75 Å². The standard InChI is InChI=1S/C49H36N2O/c1-49(2)42-28-35(17-20-39(42)40-21-16-29-7-3-4-11-38(29)46(40)49)33-9-5-8-32(25-33)34-15-13-30-12-14-31-18-23-44-47(45(31)41(30)27-34)52-48(51-44)37-19-22-43-36(26-37)10-6-24-50-43/h3-23,25-28,48,50-51H,24H2,1-2H3. The van der Waals surface area contributed by atoms with Crippen LogP contribution < -0.4 is 15.4 Å². The third-order valence-corrected chi connectivity index (χ3v) is 11.6. The van der Waals surface area contributed by atoms with Crippen LogP contribution in [0.1, 0.15) is 42.3 Å². The van der Waals surface area contributed by atoms with Crippen molar-refractivity contribution < 1.29 is 4.74 Å². The van der Waals surface area contributed by atoms with Gasteiger partial charge in [0.15, 0.2) is 12.0 Å². The minimum Gasteiger partial charge on any atom is -0.464 e. The molecule has 0 aromatic heterocycles. The Morgan fingerprint density at radius 3 is 2.23 bits per heavy atom. The summed E-state index contributed by atoms with van der Waals surface area (Å²) in [5.74, 6) is 0.917. The average molecular weight is 669 g/mol. The van der Waals surface area contributed by atoms with E-state index in [2.05, 4.69) is 176 Å². The van der Waals surface area contributed by atoms with Crippen LogP contribution in [0, 0.1) is 0 Å². The summed E-state index contributed by atoms with van der Waals surface area (Å²) < 4.78 is 6.77. The molecule has 3 heteroatoms. The lowest BCUT2D eigenvalue weighted by Crippen LogP contribution is -2.15. The minimum absolute atomic E-state index is 0.0943. The van der Waals surface area contributed by atoms with Gasteiger partial charge in [-0.05, 0) is 113 Å². The molecule has 0 saturated heterocycles. The minimum atomic E-state index is -0.250. The van der Waals surface area contributed by atoms with Crippen molar-refractivity contribution in [3.05, 3.63) is 168 Å². The van der Waals surface area contributed by atoms with E-state index in [0.29, 0.717) is 0 Å². The molecule has 0 saturated carbocycles. The van der Waals surface area contributed by atoms with Crippen LogP contribution in [-0.4, -0.2) is 6.54 Å². The van der Waals surface area contributed by atoms with E-state index >= 15 is 0 Å². The van der Waals surface area contributed by atoms with Gasteiger partial charge in [-0.15, -0.1) is 0 Å². The molecule has 0 fully saturated rings. The zero-order chi connectivity index (χ0) is 34.6. The molecular formula is C49H36N2O. The fourth-order valence-corrected chi connectivity index (χ4v) is 9.02. The number of benzene rings is 8. The van der Waals surface area contributed by atoms with Crippen LogP contribution >= 0.6 is 0 Å². The number of ether oxygens (including phenoxy) is 1. The Morgan fingerprint density at radius 2 is 1.31 bits per heavy atom. The van der Waals surface area contributed by atoms with Crippen molar-refractivity contribution in [2.24, 2.45) is 0 Å². The van der Waals surface area contributed by atoms with Gasteiger partial charge >= 0.3 is 0 Å². The fraction of sp³-hybridized carbons (Fsp3) is 0.102. The fourth-order valence-electron chi connectivity index (χ4n) is 9.02. The van der Waals surface area contributed by atoms with E-state index in [9.17, 15) is 0 Å². The van der Waals surface area contributed by atoms with Crippen LogP contribution in [0.25, 0.3) is 71.8 Å². The second-order valence-electron chi connectivity index (χ2n) is 15.0. The number of nitrogens with one attached hydrogen (secondary N) is 2. The zero-order valence-corrected chi connectivity index (χ0v) is 29.1. The molecule has 52 heavy (non-hydrogen) atoms. The van der Waals surface area contributed by atoms with E-state index in [0.717, 1.165) is 34.6 Å². The Kier molecular flexibility index (Phi) is 6.13. The summed E-state index contributed by atoms with van der Waals surface area (Å²) in [6.07, 6.45) is 4.09. The molecule has 1 unspecified atom stereocenters. The highest BCUT2D eigenvalue weighted by Crippen LogP contribution is 2.52. The smallest absolute Gasteiger partial charge is 0.196 e. The molecule has 1 atom stereocenters. The van der Waals surface area contributed by atoms with E-state index in [4.69, 9.17) is 4.74 Å². The molecule has 2 heterocycles. The molecular weight excluding hydrogens is 633 g/mol. The highest BCUT2D eigenvalue weighted by Gasteiger charge is 2.37. The molecule has 11 rings (SSSR count). The van der Waals surface area contributed by atoms with Gasteiger partial charge in [0.1, 0.15) is 0 Å². The van der Waals surface area contributed by atoms with Crippen LogP contribution in [0.15, 0.2) is 146 Å². The number of hydrogen-bond acceptors (Lipinski definition) is 3. The molecule has 3 nitrogen and oxygen atoms in total.